The number of amides is 1. The third-order valence-corrected chi connectivity index (χ3v) is 3.42. The standard InChI is InChI=1S/C16H16N6O/c17-16-19-20-21-22(16)11-14(23)18-15(12-7-3-1-4-8-12)13-9-5-2-6-10-13/h1-10,15H,11H2,(H,18,23)(H2,17,19,21). The monoisotopic (exact) mass is 308 g/mol. The van der Waals surface area contributed by atoms with Gasteiger partial charge in [-0.05, 0) is 21.6 Å². The largest absolute Gasteiger partial charge is 0.367 e. The second-order valence-electron chi connectivity index (χ2n) is 5.02. The van der Waals surface area contributed by atoms with E-state index in [2.05, 4.69) is 20.8 Å². The third kappa shape index (κ3) is 3.52. The van der Waals surface area contributed by atoms with Crippen molar-refractivity contribution in [2.45, 2.75) is 12.6 Å². The van der Waals surface area contributed by atoms with Gasteiger partial charge in [-0.1, -0.05) is 65.8 Å². The molecule has 0 radical (unpaired) electrons. The molecule has 0 saturated heterocycles. The predicted octanol–water partition coefficient (Wildman–Crippen LogP) is 1.16. The van der Waals surface area contributed by atoms with Crippen molar-refractivity contribution in [3.63, 3.8) is 0 Å². The summed E-state index contributed by atoms with van der Waals surface area (Å²) in [5, 5.41) is 13.7. The van der Waals surface area contributed by atoms with E-state index in [1.54, 1.807) is 0 Å². The molecule has 1 aromatic heterocycles. The lowest BCUT2D eigenvalue weighted by atomic mass is 9.99. The minimum absolute atomic E-state index is 0.0327. The zero-order valence-electron chi connectivity index (χ0n) is 12.3. The maximum absolute atomic E-state index is 12.3. The molecule has 0 spiro atoms. The number of carbonyl (C=O) groups excluding carboxylic acids is 1. The maximum atomic E-state index is 12.3. The summed E-state index contributed by atoms with van der Waals surface area (Å²) in [4.78, 5) is 12.3. The van der Waals surface area contributed by atoms with Crippen molar-refractivity contribution in [1.82, 2.24) is 25.5 Å². The Kier molecular flexibility index (Phi) is 4.28. The van der Waals surface area contributed by atoms with Gasteiger partial charge in [0.2, 0.25) is 11.9 Å². The summed E-state index contributed by atoms with van der Waals surface area (Å²) in [6.45, 7) is -0.0327. The molecule has 0 aliphatic heterocycles. The SMILES string of the molecule is Nc1nnnn1CC(=O)NC(c1ccccc1)c1ccccc1. The van der Waals surface area contributed by atoms with Crippen LogP contribution >= 0.6 is 0 Å². The van der Waals surface area contributed by atoms with Crippen LogP contribution in [0.3, 0.4) is 0 Å². The lowest BCUT2D eigenvalue weighted by Crippen LogP contribution is -2.32. The van der Waals surface area contributed by atoms with Crippen LogP contribution in [0.15, 0.2) is 60.7 Å². The molecule has 1 amide bonds. The summed E-state index contributed by atoms with van der Waals surface area (Å²) in [5.41, 5.74) is 7.58. The van der Waals surface area contributed by atoms with Gasteiger partial charge in [0.1, 0.15) is 6.54 Å². The van der Waals surface area contributed by atoms with E-state index >= 15 is 0 Å². The highest BCUT2D eigenvalue weighted by Gasteiger charge is 2.17. The van der Waals surface area contributed by atoms with E-state index in [-0.39, 0.29) is 24.4 Å². The summed E-state index contributed by atoms with van der Waals surface area (Å²) < 4.78 is 1.25. The molecule has 2 aromatic carbocycles. The molecule has 0 atom stereocenters. The van der Waals surface area contributed by atoms with Crippen molar-refractivity contribution >= 4 is 11.9 Å². The molecule has 116 valence electrons. The molecule has 0 fully saturated rings. The first kappa shape index (κ1) is 14.7. The van der Waals surface area contributed by atoms with E-state index in [1.165, 1.54) is 4.68 Å². The van der Waals surface area contributed by atoms with Gasteiger partial charge >= 0.3 is 0 Å². The number of carbonyl (C=O) groups is 1. The Balaban J connectivity index is 1.82. The number of hydrogen-bond acceptors (Lipinski definition) is 5. The average molecular weight is 308 g/mol. The number of anilines is 1. The number of aromatic nitrogens is 4. The number of rotatable bonds is 5. The van der Waals surface area contributed by atoms with Crippen molar-refractivity contribution in [1.29, 1.82) is 0 Å². The molecule has 0 saturated carbocycles. The van der Waals surface area contributed by atoms with Gasteiger partial charge in [0.25, 0.3) is 0 Å². The topological polar surface area (TPSA) is 98.7 Å². The number of nitrogen functional groups attached to an aromatic ring is 1. The number of benzene rings is 2. The van der Waals surface area contributed by atoms with Crippen LogP contribution in [0.1, 0.15) is 17.2 Å². The van der Waals surface area contributed by atoms with Crippen molar-refractivity contribution in [3.05, 3.63) is 71.8 Å². The summed E-state index contributed by atoms with van der Waals surface area (Å²) in [7, 11) is 0. The molecule has 0 unspecified atom stereocenters. The highest BCUT2D eigenvalue weighted by molar-refractivity contribution is 5.77. The molecule has 7 nitrogen and oxygen atoms in total. The Labute approximate surface area is 133 Å². The molecule has 0 aliphatic carbocycles. The Bertz CT molecular complexity index is 732. The first-order valence-corrected chi connectivity index (χ1v) is 7.15. The van der Waals surface area contributed by atoms with Crippen LogP contribution in [0.4, 0.5) is 5.95 Å². The van der Waals surface area contributed by atoms with Crippen molar-refractivity contribution in [2.75, 3.05) is 5.73 Å². The van der Waals surface area contributed by atoms with Gasteiger partial charge in [-0.15, -0.1) is 0 Å². The van der Waals surface area contributed by atoms with E-state index in [0.717, 1.165) is 11.1 Å². The van der Waals surface area contributed by atoms with Crippen LogP contribution in [0.2, 0.25) is 0 Å². The summed E-state index contributed by atoms with van der Waals surface area (Å²) in [5.74, 6) is -0.113. The smallest absolute Gasteiger partial charge is 0.242 e. The van der Waals surface area contributed by atoms with Gasteiger partial charge in [0, 0.05) is 0 Å². The van der Waals surface area contributed by atoms with Crippen LogP contribution in [-0.2, 0) is 11.3 Å². The lowest BCUT2D eigenvalue weighted by Gasteiger charge is -2.19. The number of tetrazole rings is 1. The fourth-order valence-corrected chi connectivity index (χ4v) is 2.32. The molecule has 3 rings (SSSR count). The van der Waals surface area contributed by atoms with Gasteiger partial charge in [-0.3, -0.25) is 4.79 Å². The summed E-state index contributed by atoms with van der Waals surface area (Å²) in [6, 6.07) is 19.3. The second kappa shape index (κ2) is 6.69. The molecule has 1 heterocycles. The lowest BCUT2D eigenvalue weighted by molar-refractivity contribution is -0.122. The minimum Gasteiger partial charge on any atom is -0.367 e. The zero-order valence-corrected chi connectivity index (χ0v) is 12.3. The molecule has 7 heteroatoms. The number of nitrogens with one attached hydrogen (secondary N) is 1. The van der Waals surface area contributed by atoms with Crippen LogP contribution in [0.25, 0.3) is 0 Å². The van der Waals surface area contributed by atoms with Crippen LogP contribution < -0.4 is 11.1 Å². The molecule has 0 bridgehead atoms. The normalized spacial score (nSPS) is 10.7. The van der Waals surface area contributed by atoms with Gasteiger partial charge < -0.3 is 11.1 Å². The number of nitrogens with zero attached hydrogens (tertiary/aromatic N) is 4. The summed E-state index contributed by atoms with van der Waals surface area (Å²) >= 11 is 0. The van der Waals surface area contributed by atoms with Crippen LogP contribution in [0.5, 0.6) is 0 Å². The molecule has 3 N–H and O–H groups in total. The Hall–Kier alpha value is -3.22. The average Bonchev–Trinajstić information content (AvgIpc) is 2.99. The fourth-order valence-electron chi connectivity index (χ4n) is 2.32. The molecule has 23 heavy (non-hydrogen) atoms. The van der Waals surface area contributed by atoms with E-state index < -0.39 is 0 Å². The highest BCUT2D eigenvalue weighted by atomic mass is 16.2. The zero-order chi connectivity index (χ0) is 16.1. The Morgan fingerprint density at radius 1 is 1.04 bits per heavy atom. The van der Waals surface area contributed by atoms with E-state index in [9.17, 15) is 4.79 Å². The van der Waals surface area contributed by atoms with Crippen molar-refractivity contribution < 1.29 is 4.79 Å². The summed E-state index contributed by atoms with van der Waals surface area (Å²) in [6.07, 6.45) is 0. The Morgan fingerprint density at radius 3 is 2.09 bits per heavy atom. The van der Waals surface area contributed by atoms with E-state index in [1.807, 2.05) is 60.7 Å². The second-order valence-corrected chi connectivity index (χ2v) is 5.02. The first-order valence-electron chi connectivity index (χ1n) is 7.15. The molecular formula is C16H16N6O. The first-order chi connectivity index (χ1) is 11.2. The molecule has 0 aliphatic rings. The molecule has 3 aromatic rings. The minimum atomic E-state index is -0.248. The number of nitrogens with two attached hydrogens (primary N) is 1. The van der Waals surface area contributed by atoms with Crippen molar-refractivity contribution in [2.24, 2.45) is 0 Å². The maximum Gasteiger partial charge on any atom is 0.242 e. The van der Waals surface area contributed by atoms with E-state index in [0.29, 0.717) is 0 Å². The van der Waals surface area contributed by atoms with Gasteiger partial charge in [0.05, 0.1) is 6.04 Å². The van der Waals surface area contributed by atoms with E-state index in [4.69, 9.17) is 5.73 Å². The van der Waals surface area contributed by atoms with Crippen LogP contribution in [-0.4, -0.2) is 26.1 Å². The van der Waals surface area contributed by atoms with Crippen LogP contribution in [0, 0.1) is 0 Å². The molecular weight excluding hydrogens is 292 g/mol. The third-order valence-electron chi connectivity index (χ3n) is 3.42. The fraction of sp³-hybridized carbons (Fsp3) is 0.125. The quantitative estimate of drug-likeness (QED) is 0.737. The highest BCUT2D eigenvalue weighted by Crippen LogP contribution is 2.21. The van der Waals surface area contributed by atoms with Crippen molar-refractivity contribution in [3.8, 4) is 0 Å². The van der Waals surface area contributed by atoms with Gasteiger partial charge in [-0.25, -0.2) is 4.68 Å². The van der Waals surface area contributed by atoms with Gasteiger partial charge in [0.15, 0.2) is 0 Å². The van der Waals surface area contributed by atoms with Gasteiger partial charge in [-0.2, -0.15) is 0 Å². The Morgan fingerprint density at radius 2 is 1.61 bits per heavy atom. The predicted molar refractivity (Wildman–Crippen MR) is 85.1 cm³/mol. The number of hydrogen-bond donors (Lipinski definition) is 2.